The lowest BCUT2D eigenvalue weighted by atomic mass is 9.90. The second-order valence-electron chi connectivity index (χ2n) is 4.91. The van der Waals surface area contributed by atoms with Gasteiger partial charge in [-0.3, -0.25) is 4.79 Å². The number of benzene rings is 1. The number of carboxylic acids is 1. The molecule has 0 aliphatic carbocycles. The smallest absolute Gasteiger partial charge is 0.315 e. The third kappa shape index (κ3) is 3.19. The second kappa shape index (κ2) is 5.93. The van der Waals surface area contributed by atoms with E-state index in [9.17, 15) is 9.90 Å². The maximum atomic E-state index is 11.2. The minimum absolute atomic E-state index is 0.574. The van der Waals surface area contributed by atoms with E-state index in [1.54, 1.807) is 19.2 Å². The van der Waals surface area contributed by atoms with E-state index in [1.807, 2.05) is 24.3 Å². The number of halogens is 1. The van der Waals surface area contributed by atoms with Crippen LogP contribution in [0.15, 0.2) is 34.1 Å². The molecule has 106 valence electrons. The number of aromatic nitrogens is 1. The van der Waals surface area contributed by atoms with Crippen LogP contribution in [0.4, 0.5) is 5.13 Å². The molecule has 2 N–H and O–H groups in total. The summed E-state index contributed by atoms with van der Waals surface area (Å²) >= 11 is 4.91. The minimum Gasteiger partial charge on any atom is -0.481 e. The van der Waals surface area contributed by atoms with Crippen molar-refractivity contribution in [3.63, 3.8) is 0 Å². The first-order valence-corrected chi connectivity index (χ1v) is 7.75. The molecule has 0 radical (unpaired) electrons. The van der Waals surface area contributed by atoms with Crippen LogP contribution in [0.5, 0.6) is 0 Å². The third-order valence-electron chi connectivity index (χ3n) is 3.07. The first kappa shape index (κ1) is 15.0. The van der Waals surface area contributed by atoms with Gasteiger partial charge >= 0.3 is 5.97 Å². The number of hydrogen-bond donors (Lipinski definition) is 2. The summed E-state index contributed by atoms with van der Waals surface area (Å²) in [5.41, 5.74) is 0.732. The Hall–Kier alpha value is -1.40. The van der Waals surface area contributed by atoms with Crippen molar-refractivity contribution in [2.24, 2.45) is 0 Å². The average molecular weight is 355 g/mol. The van der Waals surface area contributed by atoms with E-state index in [-0.39, 0.29) is 0 Å². The molecule has 0 aliphatic rings. The molecular weight excluding hydrogens is 340 g/mol. The number of carbonyl (C=O) groups is 1. The number of rotatable bonds is 5. The fourth-order valence-corrected chi connectivity index (χ4v) is 2.87. The molecule has 0 bridgehead atoms. The maximum Gasteiger partial charge on any atom is 0.315 e. The zero-order chi connectivity index (χ0) is 14.8. The van der Waals surface area contributed by atoms with Crippen LogP contribution in [-0.2, 0) is 16.8 Å². The van der Waals surface area contributed by atoms with Crippen molar-refractivity contribution >= 4 is 38.4 Å². The summed E-state index contributed by atoms with van der Waals surface area (Å²) in [6, 6.07) is 7.94. The highest BCUT2D eigenvalue weighted by Gasteiger charge is 2.32. The van der Waals surface area contributed by atoms with E-state index in [4.69, 9.17) is 0 Å². The highest BCUT2D eigenvalue weighted by Crippen LogP contribution is 2.28. The predicted molar refractivity (Wildman–Crippen MR) is 84.2 cm³/mol. The minimum atomic E-state index is -0.968. The Morgan fingerprint density at radius 3 is 2.80 bits per heavy atom. The summed E-state index contributed by atoms with van der Waals surface area (Å²) in [5.74, 6) is -0.875. The van der Waals surface area contributed by atoms with Crippen LogP contribution in [0.2, 0.25) is 0 Å². The van der Waals surface area contributed by atoms with Crippen molar-refractivity contribution in [2.45, 2.75) is 25.8 Å². The van der Waals surface area contributed by atoms with Gasteiger partial charge in [-0.25, -0.2) is 4.98 Å². The lowest BCUT2D eigenvalue weighted by Crippen LogP contribution is -2.28. The summed E-state index contributed by atoms with van der Waals surface area (Å²) in [4.78, 5) is 15.6. The van der Waals surface area contributed by atoms with Gasteiger partial charge in [0.05, 0.1) is 5.69 Å². The van der Waals surface area contributed by atoms with E-state index in [0.717, 1.165) is 15.2 Å². The number of nitrogens with one attached hydrogen (secondary N) is 1. The number of thiazole rings is 1. The molecule has 0 aliphatic heterocycles. The summed E-state index contributed by atoms with van der Waals surface area (Å²) in [5, 5.41) is 14.9. The van der Waals surface area contributed by atoms with Crippen LogP contribution in [0.3, 0.4) is 0 Å². The lowest BCUT2D eigenvalue weighted by Gasteiger charge is -2.15. The fraction of sp³-hybridized carbons (Fsp3) is 0.286. The molecule has 1 aromatic heterocycles. The van der Waals surface area contributed by atoms with Crippen LogP contribution in [0.25, 0.3) is 0 Å². The monoisotopic (exact) mass is 354 g/mol. The van der Waals surface area contributed by atoms with E-state index >= 15 is 0 Å². The lowest BCUT2D eigenvalue weighted by molar-refractivity contribution is -0.142. The molecule has 1 aromatic carbocycles. The van der Waals surface area contributed by atoms with Gasteiger partial charge in [0, 0.05) is 16.4 Å². The zero-order valence-electron chi connectivity index (χ0n) is 11.2. The van der Waals surface area contributed by atoms with Crippen molar-refractivity contribution in [3.8, 4) is 0 Å². The van der Waals surface area contributed by atoms with Crippen LogP contribution in [-0.4, -0.2) is 16.1 Å². The Balaban J connectivity index is 2.08. The van der Waals surface area contributed by atoms with E-state index in [0.29, 0.717) is 12.2 Å². The van der Waals surface area contributed by atoms with Crippen molar-refractivity contribution in [1.82, 2.24) is 4.98 Å². The van der Waals surface area contributed by atoms with Gasteiger partial charge in [0.2, 0.25) is 0 Å². The van der Waals surface area contributed by atoms with Crippen molar-refractivity contribution in [3.05, 3.63) is 45.4 Å². The quantitative estimate of drug-likeness (QED) is 0.855. The van der Waals surface area contributed by atoms with Gasteiger partial charge in [-0.2, -0.15) is 0 Å². The summed E-state index contributed by atoms with van der Waals surface area (Å²) in [6.07, 6.45) is 0. The molecule has 0 unspecified atom stereocenters. The van der Waals surface area contributed by atoms with Gasteiger partial charge in [-0.05, 0) is 25.5 Å². The van der Waals surface area contributed by atoms with Crippen LogP contribution in [0, 0.1) is 0 Å². The normalized spacial score (nSPS) is 11.3. The SMILES string of the molecule is CC(C)(C(=O)O)c1csc(NCc2ccccc2Br)n1. The average Bonchev–Trinajstić information content (AvgIpc) is 2.87. The maximum absolute atomic E-state index is 11.2. The number of hydrogen-bond acceptors (Lipinski definition) is 4. The Labute approximate surface area is 130 Å². The molecule has 2 rings (SSSR count). The van der Waals surface area contributed by atoms with Crippen LogP contribution < -0.4 is 5.32 Å². The molecule has 0 spiro atoms. The highest BCUT2D eigenvalue weighted by atomic mass is 79.9. The summed E-state index contributed by atoms with van der Waals surface area (Å²) < 4.78 is 1.04. The van der Waals surface area contributed by atoms with Crippen LogP contribution >= 0.6 is 27.3 Å². The van der Waals surface area contributed by atoms with Gasteiger partial charge in [-0.1, -0.05) is 34.1 Å². The van der Waals surface area contributed by atoms with Crippen LogP contribution in [0.1, 0.15) is 25.1 Å². The van der Waals surface area contributed by atoms with Gasteiger partial charge < -0.3 is 10.4 Å². The topological polar surface area (TPSA) is 62.2 Å². The number of nitrogens with zero attached hydrogens (tertiary/aromatic N) is 1. The van der Waals surface area contributed by atoms with E-state index < -0.39 is 11.4 Å². The molecule has 0 saturated heterocycles. The first-order chi connectivity index (χ1) is 9.41. The largest absolute Gasteiger partial charge is 0.481 e. The predicted octanol–water partition coefficient (Wildman–Crippen LogP) is 3.88. The molecule has 20 heavy (non-hydrogen) atoms. The summed E-state index contributed by atoms with van der Waals surface area (Å²) in [6.45, 7) is 3.95. The third-order valence-corrected chi connectivity index (χ3v) is 4.64. The van der Waals surface area contributed by atoms with Crippen molar-refractivity contribution in [2.75, 3.05) is 5.32 Å². The molecule has 4 nitrogen and oxygen atoms in total. The second-order valence-corrected chi connectivity index (χ2v) is 6.63. The standard InChI is InChI=1S/C14H15BrN2O2S/c1-14(2,12(18)19)11-8-20-13(17-11)16-7-9-5-3-4-6-10(9)15/h3-6,8H,7H2,1-2H3,(H,16,17)(H,18,19). The van der Waals surface area contributed by atoms with Gasteiger partial charge in [0.15, 0.2) is 5.13 Å². The van der Waals surface area contributed by atoms with E-state index in [1.165, 1.54) is 11.3 Å². The molecule has 1 heterocycles. The number of aliphatic carboxylic acids is 1. The van der Waals surface area contributed by atoms with Gasteiger partial charge in [0.1, 0.15) is 5.41 Å². The highest BCUT2D eigenvalue weighted by molar-refractivity contribution is 9.10. The molecule has 6 heteroatoms. The molecule has 0 atom stereocenters. The molecule has 2 aromatic rings. The molecule has 0 amide bonds. The molecule has 0 saturated carbocycles. The van der Waals surface area contributed by atoms with Gasteiger partial charge in [0.25, 0.3) is 0 Å². The Morgan fingerprint density at radius 1 is 1.45 bits per heavy atom. The Morgan fingerprint density at radius 2 is 2.15 bits per heavy atom. The van der Waals surface area contributed by atoms with Gasteiger partial charge in [-0.15, -0.1) is 11.3 Å². The Kier molecular flexibility index (Phi) is 4.45. The van der Waals surface area contributed by atoms with Crippen molar-refractivity contribution in [1.29, 1.82) is 0 Å². The zero-order valence-corrected chi connectivity index (χ0v) is 13.6. The fourth-order valence-electron chi connectivity index (χ4n) is 1.56. The number of anilines is 1. The van der Waals surface area contributed by atoms with E-state index in [2.05, 4.69) is 26.2 Å². The number of carboxylic acid groups (broad SMARTS) is 1. The molecular formula is C14H15BrN2O2S. The summed E-state index contributed by atoms with van der Waals surface area (Å²) in [7, 11) is 0. The Bertz CT molecular complexity index is 625. The van der Waals surface area contributed by atoms with Crippen molar-refractivity contribution < 1.29 is 9.90 Å². The molecule has 0 fully saturated rings. The first-order valence-electron chi connectivity index (χ1n) is 6.08.